The van der Waals surface area contributed by atoms with Crippen LogP contribution in [-0.2, 0) is 20.7 Å². The predicted molar refractivity (Wildman–Crippen MR) is 114 cm³/mol. The van der Waals surface area contributed by atoms with E-state index in [1.807, 2.05) is 6.92 Å². The van der Waals surface area contributed by atoms with Gasteiger partial charge in [0.2, 0.25) is 5.91 Å². The molecule has 1 atom stereocenters. The molecule has 2 rings (SSSR count). The van der Waals surface area contributed by atoms with Crippen molar-refractivity contribution in [2.45, 2.75) is 65.5 Å². The number of ether oxygens (including phenoxy) is 2. The van der Waals surface area contributed by atoms with E-state index in [2.05, 4.69) is 10.5 Å². The highest BCUT2D eigenvalue weighted by molar-refractivity contribution is 5.86. The Labute approximate surface area is 188 Å². The second-order valence-corrected chi connectivity index (χ2v) is 8.72. The maximum atomic E-state index is 13.2. The average Bonchev–Trinajstić information content (AvgIpc) is 3.03. The minimum Gasteiger partial charge on any atom is -0.491 e. The van der Waals surface area contributed by atoms with Gasteiger partial charge in [-0.3, -0.25) is 4.79 Å². The van der Waals surface area contributed by atoms with Gasteiger partial charge in [-0.25, -0.2) is 9.59 Å². The van der Waals surface area contributed by atoms with Gasteiger partial charge in [0.25, 0.3) is 5.88 Å². The lowest BCUT2D eigenvalue weighted by molar-refractivity contribution is -0.135. The van der Waals surface area contributed by atoms with Crippen molar-refractivity contribution in [3.63, 3.8) is 0 Å². The van der Waals surface area contributed by atoms with Crippen LogP contribution in [0.4, 0.5) is 9.59 Å². The number of rotatable bonds is 7. The van der Waals surface area contributed by atoms with Crippen LogP contribution in [0.2, 0.25) is 0 Å². The smallest absolute Gasteiger partial charge is 0.409 e. The molecular formula is C21H34N4O7. The zero-order valence-electron chi connectivity index (χ0n) is 19.5. The molecular weight excluding hydrogens is 420 g/mol. The Morgan fingerprint density at radius 3 is 2.34 bits per heavy atom. The minimum absolute atomic E-state index is 0.0154. The average molecular weight is 455 g/mol. The van der Waals surface area contributed by atoms with Crippen molar-refractivity contribution >= 4 is 18.1 Å². The van der Waals surface area contributed by atoms with Crippen LogP contribution in [0, 0.1) is 6.92 Å². The number of carbonyl (C=O) groups excluding carboxylic acids is 3. The van der Waals surface area contributed by atoms with E-state index in [1.54, 1.807) is 37.5 Å². The summed E-state index contributed by atoms with van der Waals surface area (Å²) in [6.07, 6.45) is 0.583. The van der Waals surface area contributed by atoms with Gasteiger partial charge in [-0.15, -0.1) is 0 Å². The van der Waals surface area contributed by atoms with Gasteiger partial charge in [0.15, 0.2) is 0 Å². The third-order valence-electron chi connectivity index (χ3n) is 4.93. The number of nitrogens with zero attached hydrogens (tertiary/aromatic N) is 3. The summed E-state index contributed by atoms with van der Waals surface area (Å²) in [7, 11) is 0. The number of carbonyl (C=O) groups is 3. The zero-order valence-corrected chi connectivity index (χ0v) is 19.5. The molecule has 0 spiro atoms. The Balaban J connectivity index is 2.04. The summed E-state index contributed by atoms with van der Waals surface area (Å²) in [6.45, 7) is 10.4. The predicted octanol–water partition coefficient (Wildman–Crippen LogP) is 2.21. The lowest BCUT2D eigenvalue weighted by Gasteiger charge is -2.36. The minimum atomic E-state index is -1.00. The van der Waals surface area contributed by atoms with Crippen molar-refractivity contribution in [1.29, 1.82) is 0 Å². The van der Waals surface area contributed by atoms with Crippen LogP contribution >= 0.6 is 0 Å². The molecule has 32 heavy (non-hydrogen) atoms. The molecule has 1 saturated heterocycles. The van der Waals surface area contributed by atoms with E-state index in [-0.39, 0.29) is 24.3 Å². The monoisotopic (exact) mass is 454 g/mol. The topological polar surface area (TPSA) is 134 Å². The standard InChI is InChI=1S/C21H34N4O7/c1-6-7-12-30-20(29)25-10-8-24(9-11-25)18(27)16(22-19(28)31-21(3,4)5)13-15-14(2)32-23-17(15)26/h16H,6-13H2,1-5H3,(H,22,28)(H,23,26)/t16-/m0/s1. The molecule has 0 saturated carbocycles. The molecule has 1 aliphatic rings. The number of aromatic hydroxyl groups is 1. The fourth-order valence-corrected chi connectivity index (χ4v) is 3.19. The van der Waals surface area contributed by atoms with E-state index >= 15 is 0 Å². The first-order chi connectivity index (χ1) is 15.0. The van der Waals surface area contributed by atoms with E-state index in [4.69, 9.17) is 14.0 Å². The third-order valence-corrected chi connectivity index (χ3v) is 4.93. The number of nitrogens with one attached hydrogen (secondary N) is 1. The summed E-state index contributed by atoms with van der Waals surface area (Å²) in [5, 5.41) is 16.0. The lowest BCUT2D eigenvalue weighted by atomic mass is 10.0. The van der Waals surface area contributed by atoms with Crippen molar-refractivity contribution in [2.75, 3.05) is 32.8 Å². The summed E-state index contributed by atoms with van der Waals surface area (Å²) in [5.41, 5.74) is -0.408. The molecule has 1 fully saturated rings. The normalized spacial score (nSPS) is 15.3. The SMILES string of the molecule is CCCCOC(=O)N1CCN(C(=O)[C@H](Cc2c(O)noc2C)NC(=O)OC(C)(C)C)CC1. The molecule has 2 heterocycles. The van der Waals surface area contributed by atoms with Crippen LogP contribution in [0.15, 0.2) is 4.52 Å². The molecule has 0 radical (unpaired) electrons. The molecule has 180 valence electrons. The second kappa shape index (κ2) is 11.1. The summed E-state index contributed by atoms with van der Waals surface area (Å²) >= 11 is 0. The van der Waals surface area contributed by atoms with Crippen molar-refractivity contribution < 1.29 is 33.5 Å². The number of amides is 3. The lowest BCUT2D eigenvalue weighted by Crippen LogP contribution is -2.56. The Kier molecular flexibility index (Phi) is 8.73. The first kappa shape index (κ1) is 25.3. The Hall–Kier alpha value is -2.98. The van der Waals surface area contributed by atoms with Gasteiger partial charge in [-0.05, 0) is 39.3 Å². The van der Waals surface area contributed by atoms with Gasteiger partial charge in [0.1, 0.15) is 17.4 Å². The number of aryl methyl sites for hydroxylation is 1. The maximum Gasteiger partial charge on any atom is 0.409 e. The van der Waals surface area contributed by atoms with E-state index < -0.39 is 17.7 Å². The second-order valence-electron chi connectivity index (χ2n) is 8.72. The molecule has 0 aromatic carbocycles. The van der Waals surface area contributed by atoms with Gasteiger partial charge >= 0.3 is 12.2 Å². The van der Waals surface area contributed by atoms with Crippen molar-refractivity contribution in [1.82, 2.24) is 20.3 Å². The van der Waals surface area contributed by atoms with E-state index in [9.17, 15) is 19.5 Å². The molecule has 11 heteroatoms. The molecule has 1 aromatic rings. The summed E-state index contributed by atoms with van der Waals surface area (Å²) in [4.78, 5) is 40.8. The van der Waals surface area contributed by atoms with Crippen molar-refractivity contribution in [3.8, 4) is 5.88 Å². The molecule has 1 aliphatic heterocycles. The van der Waals surface area contributed by atoms with Gasteiger partial charge in [0, 0.05) is 32.6 Å². The third kappa shape index (κ3) is 7.31. The van der Waals surface area contributed by atoms with Gasteiger partial charge in [-0.2, -0.15) is 0 Å². The fourth-order valence-electron chi connectivity index (χ4n) is 3.19. The van der Waals surface area contributed by atoms with E-state index in [0.29, 0.717) is 44.1 Å². The van der Waals surface area contributed by atoms with E-state index in [0.717, 1.165) is 12.8 Å². The Bertz CT molecular complexity index is 775. The van der Waals surface area contributed by atoms with Crippen LogP contribution in [0.5, 0.6) is 5.88 Å². The molecule has 2 N–H and O–H groups in total. The molecule has 0 bridgehead atoms. The van der Waals surface area contributed by atoms with E-state index in [1.165, 1.54) is 0 Å². The Morgan fingerprint density at radius 1 is 1.19 bits per heavy atom. The number of unbranched alkanes of at least 4 members (excludes halogenated alkanes) is 1. The number of hydrogen-bond acceptors (Lipinski definition) is 8. The van der Waals surface area contributed by atoms with Crippen molar-refractivity contribution in [2.24, 2.45) is 0 Å². The first-order valence-electron chi connectivity index (χ1n) is 10.9. The molecule has 3 amide bonds. The summed E-state index contributed by atoms with van der Waals surface area (Å²) in [6, 6.07) is -1.00. The van der Waals surface area contributed by atoms with Gasteiger partial charge in [-0.1, -0.05) is 13.3 Å². The van der Waals surface area contributed by atoms with Gasteiger partial charge in [0.05, 0.1) is 12.2 Å². The number of hydrogen-bond donors (Lipinski definition) is 2. The first-order valence-corrected chi connectivity index (χ1v) is 10.9. The Morgan fingerprint density at radius 2 is 1.81 bits per heavy atom. The van der Waals surface area contributed by atoms with Crippen LogP contribution in [-0.4, -0.2) is 82.6 Å². The molecule has 1 aromatic heterocycles. The highest BCUT2D eigenvalue weighted by atomic mass is 16.6. The van der Waals surface area contributed by atoms with Crippen LogP contribution < -0.4 is 5.32 Å². The number of piperazine rings is 1. The van der Waals surface area contributed by atoms with Gasteiger partial charge < -0.3 is 34.2 Å². The van der Waals surface area contributed by atoms with Crippen LogP contribution in [0.3, 0.4) is 0 Å². The molecule has 0 unspecified atom stereocenters. The maximum absolute atomic E-state index is 13.2. The largest absolute Gasteiger partial charge is 0.491 e. The molecule has 11 nitrogen and oxygen atoms in total. The quantitative estimate of drug-likeness (QED) is 0.599. The highest BCUT2D eigenvalue weighted by Crippen LogP contribution is 2.22. The summed E-state index contributed by atoms with van der Waals surface area (Å²) < 4.78 is 15.5. The summed E-state index contributed by atoms with van der Waals surface area (Å²) in [5.74, 6) is -0.327. The van der Waals surface area contributed by atoms with Crippen LogP contribution in [0.1, 0.15) is 51.9 Å². The van der Waals surface area contributed by atoms with Crippen molar-refractivity contribution in [3.05, 3.63) is 11.3 Å². The molecule has 0 aliphatic carbocycles. The zero-order chi connectivity index (χ0) is 23.9. The number of aromatic nitrogens is 1. The highest BCUT2D eigenvalue weighted by Gasteiger charge is 2.33. The number of alkyl carbamates (subject to hydrolysis) is 1. The van der Waals surface area contributed by atoms with Crippen LogP contribution in [0.25, 0.3) is 0 Å². The fraction of sp³-hybridized carbons (Fsp3) is 0.714.